The second-order valence-corrected chi connectivity index (χ2v) is 2.99. The zero-order valence-corrected chi connectivity index (χ0v) is 5.72. The molecule has 44 valence electrons. The van der Waals surface area contributed by atoms with Gasteiger partial charge in [-0.25, -0.2) is 4.39 Å². The second-order valence-electron chi connectivity index (χ2n) is 1.70. The minimum Gasteiger partial charge on any atom is -0.208 e. The lowest BCUT2D eigenvalue weighted by molar-refractivity contribution is 0.306. The largest absolute Gasteiger partial charge is 0.259 e. The summed E-state index contributed by atoms with van der Waals surface area (Å²) < 4.78 is 9.99. The molecule has 0 N–H and O–H groups in total. The fourth-order valence-corrected chi connectivity index (χ4v) is 0. The van der Waals surface area contributed by atoms with Gasteiger partial charge in [-0.3, -0.25) is 0 Å². The van der Waals surface area contributed by atoms with Crippen molar-refractivity contribution in [3.05, 3.63) is 0 Å². The van der Waals surface area contributed by atoms with Gasteiger partial charge in [-0.05, 0) is 0 Å². The molecule has 0 atom stereocenters. The molecule has 0 aliphatic carbocycles. The first-order chi connectivity index (χ1) is 2.94. The van der Waals surface area contributed by atoms with Crippen LogP contribution in [0.15, 0.2) is 0 Å². The van der Waals surface area contributed by atoms with E-state index in [1.165, 1.54) is 0 Å². The van der Waals surface area contributed by atoms with E-state index in [-0.39, 0.29) is 5.92 Å². The Kier molecular flexibility index (Phi) is 2.34. The van der Waals surface area contributed by atoms with E-state index in [9.17, 15) is 4.39 Å². The zero-order chi connectivity index (χ0) is 6.08. The summed E-state index contributed by atoms with van der Waals surface area (Å²) in [7, 11) is 0. The molecular formula is C4H7Cl2F. The standard InChI is InChI=1S/C4H7Cl2F/c1-3(2)4(5,6)7/h3H,1-2H3. The van der Waals surface area contributed by atoms with Crippen molar-refractivity contribution in [2.75, 3.05) is 0 Å². The third-order valence-corrected chi connectivity index (χ3v) is 1.53. The molecular weight excluding hydrogens is 138 g/mol. The number of halogens is 3. The lowest BCUT2D eigenvalue weighted by Crippen LogP contribution is -2.12. The monoisotopic (exact) mass is 144 g/mol. The van der Waals surface area contributed by atoms with Crippen molar-refractivity contribution < 1.29 is 4.39 Å². The van der Waals surface area contributed by atoms with Gasteiger partial charge in [0, 0.05) is 5.92 Å². The summed E-state index contributed by atoms with van der Waals surface area (Å²) in [5.41, 5.74) is 0. The van der Waals surface area contributed by atoms with Gasteiger partial charge in [0.05, 0.1) is 0 Å². The van der Waals surface area contributed by atoms with Crippen LogP contribution in [0.25, 0.3) is 0 Å². The van der Waals surface area contributed by atoms with E-state index in [0.717, 1.165) is 0 Å². The zero-order valence-electron chi connectivity index (χ0n) is 4.21. The first-order valence-corrected chi connectivity index (χ1v) is 2.77. The van der Waals surface area contributed by atoms with Gasteiger partial charge >= 0.3 is 0 Å². The number of alkyl halides is 3. The van der Waals surface area contributed by atoms with Gasteiger partial charge < -0.3 is 0 Å². The molecule has 0 bridgehead atoms. The van der Waals surface area contributed by atoms with Crippen LogP contribution in [0.1, 0.15) is 13.8 Å². The Labute approximate surface area is 52.6 Å². The fourth-order valence-electron chi connectivity index (χ4n) is 0. The molecule has 0 heterocycles. The molecule has 0 aliphatic rings. The van der Waals surface area contributed by atoms with Gasteiger partial charge in [0.25, 0.3) is 4.59 Å². The lowest BCUT2D eigenvalue weighted by Gasteiger charge is -2.11. The highest BCUT2D eigenvalue weighted by Gasteiger charge is 2.26. The molecule has 3 heteroatoms. The Morgan fingerprint density at radius 1 is 1.43 bits per heavy atom. The summed E-state index contributed by atoms with van der Waals surface area (Å²) in [5.74, 6) is -0.337. The number of hydrogen-bond donors (Lipinski definition) is 0. The summed E-state index contributed by atoms with van der Waals surface area (Å²) >= 11 is 9.93. The van der Waals surface area contributed by atoms with Crippen molar-refractivity contribution in [3.63, 3.8) is 0 Å². The normalized spacial score (nSPS) is 12.9. The molecule has 0 aromatic heterocycles. The summed E-state index contributed by atoms with van der Waals surface area (Å²) in [6.45, 7) is 3.22. The Balaban J connectivity index is 3.54. The minimum atomic E-state index is -2.06. The highest BCUT2D eigenvalue weighted by atomic mass is 35.5. The van der Waals surface area contributed by atoms with Crippen LogP contribution in [0.2, 0.25) is 0 Å². The highest BCUT2D eigenvalue weighted by molar-refractivity contribution is 6.47. The molecule has 0 radical (unpaired) electrons. The van der Waals surface area contributed by atoms with Crippen LogP contribution in [0.4, 0.5) is 4.39 Å². The van der Waals surface area contributed by atoms with Crippen LogP contribution in [-0.4, -0.2) is 4.59 Å². The third kappa shape index (κ3) is 3.12. The number of rotatable bonds is 1. The first kappa shape index (κ1) is 7.51. The van der Waals surface area contributed by atoms with Crippen LogP contribution in [0, 0.1) is 5.92 Å². The smallest absolute Gasteiger partial charge is 0.208 e. The average molecular weight is 145 g/mol. The van der Waals surface area contributed by atoms with Crippen LogP contribution >= 0.6 is 23.2 Å². The predicted molar refractivity (Wildman–Crippen MR) is 30.4 cm³/mol. The Morgan fingerprint density at radius 2 is 1.57 bits per heavy atom. The average Bonchev–Trinajstić information content (AvgIpc) is 1.31. The van der Waals surface area contributed by atoms with Crippen molar-refractivity contribution in [1.82, 2.24) is 0 Å². The first-order valence-electron chi connectivity index (χ1n) is 2.01. The van der Waals surface area contributed by atoms with Crippen molar-refractivity contribution in [2.45, 2.75) is 18.4 Å². The molecule has 0 aromatic carbocycles. The van der Waals surface area contributed by atoms with Gasteiger partial charge in [-0.2, -0.15) is 0 Å². The maximum atomic E-state index is 12.0. The maximum absolute atomic E-state index is 12.0. The van der Waals surface area contributed by atoms with E-state index >= 15 is 0 Å². The maximum Gasteiger partial charge on any atom is 0.259 e. The Hall–Kier alpha value is 0.510. The molecule has 0 saturated carbocycles. The van der Waals surface area contributed by atoms with Crippen molar-refractivity contribution in [3.8, 4) is 0 Å². The quantitative estimate of drug-likeness (QED) is 0.497. The summed E-state index contributed by atoms with van der Waals surface area (Å²) in [4.78, 5) is 0. The molecule has 0 nitrogen and oxygen atoms in total. The van der Waals surface area contributed by atoms with Crippen molar-refractivity contribution >= 4 is 23.2 Å². The second kappa shape index (κ2) is 2.19. The molecule has 0 rings (SSSR count). The molecule has 0 amide bonds. The van der Waals surface area contributed by atoms with Crippen LogP contribution in [-0.2, 0) is 0 Å². The highest BCUT2D eigenvalue weighted by Crippen LogP contribution is 2.30. The predicted octanol–water partition coefficient (Wildman–Crippen LogP) is 2.74. The minimum absolute atomic E-state index is 0.337. The van der Waals surface area contributed by atoms with Gasteiger partial charge in [0.15, 0.2) is 0 Å². The van der Waals surface area contributed by atoms with E-state index < -0.39 is 4.59 Å². The molecule has 0 aliphatic heterocycles. The van der Waals surface area contributed by atoms with E-state index in [4.69, 9.17) is 23.2 Å². The van der Waals surface area contributed by atoms with Crippen LogP contribution in [0.5, 0.6) is 0 Å². The molecule has 0 aromatic rings. The van der Waals surface area contributed by atoms with E-state index in [1.54, 1.807) is 13.8 Å². The van der Waals surface area contributed by atoms with Crippen LogP contribution < -0.4 is 0 Å². The topological polar surface area (TPSA) is 0 Å². The summed E-state index contributed by atoms with van der Waals surface area (Å²) in [6.07, 6.45) is 0. The summed E-state index contributed by atoms with van der Waals surface area (Å²) in [6, 6.07) is 0. The van der Waals surface area contributed by atoms with Gasteiger partial charge in [-0.1, -0.05) is 37.0 Å². The van der Waals surface area contributed by atoms with Crippen molar-refractivity contribution in [1.29, 1.82) is 0 Å². The van der Waals surface area contributed by atoms with E-state index in [1.807, 2.05) is 0 Å². The van der Waals surface area contributed by atoms with Crippen molar-refractivity contribution in [2.24, 2.45) is 5.92 Å². The van der Waals surface area contributed by atoms with Gasteiger partial charge in [-0.15, -0.1) is 0 Å². The lowest BCUT2D eigenvalue weighted by atomic mass is 10.2. The summed E-state index contributed by atoms with van der Waals surface area (Å²) in [5, 5.41) is 0. The molecule has 7 heavy (non-hydrogen) atoms. The molecule has 0 spiro atoms. The van der Waals surface area contributed by atoms with Gasteiger partial charge in [0.2, 0.25) is 0 Å². The van der Waals surface area contributed by atoms with E-state index in [0.29, 0.717) is 0 Å². The fraction of sp³-hybridized carbons (Fsp3) is 1.00. The Morgan fingerprint density at radius 3 is 1.57 bits per heavy atom. The molecule has 0 unspecified atom stereocenters. The Bertz CT molecular complexity index is 55.2. The third-order valence-electron chi connectivity index (χ3n) is 0.655. The van der Waals surface area contributed by atoms with E-state index in [2.05, 4.69) is 0 Å². The SMILES string of the molecule is CC(C)C(F)(Cl)Cl. The van der Waals surface area contributed by atoms with Gasteiger partial charge in [0.1, 0.15) is 0 Å². The molecule has 0 fully saturated rings. The van der Waals surface area contributed by atoms with Crippen LogP contribution in [0.3, 0.4) is 0 Å². The number of hydrogen-bond acceptors (Lipinski definition) is 0. The molecule has 0 saturated heterocycles.